The zero-order chi connectivity index (χ0) is 23.5. The van der Waals surface area contributed by atoms with E-state index >= 15 is 0 Å². The zero-order valence-electron chi connectivity index (χ0n) is 18.1. The molecular weight excluding hydrogens is 428 g/mol. The summed E-state index contributed by atoms with van der Waals surface area (Å²) >= 11 is 0. The number of aromatic nitrogens is 5. The molecule has 1 aliphatic rings. The van der Waals surface area contributed by atoms with Crippen LogP contribution >= 0.6 is 0 Å². The van der Waals surface area contributed by atoms with Gasteiger partial charge in [0.1, 0.15) is 11.7 Å². The van der Waals surface area contributed by atoms with Gasteiger partial charge in [0.25, 0.3) is 5.91 Å². The van der Waals surface area contributed by atoms with Crippen molar-refractivity contribution >= 4 is 23.6 Å². The molecule has 0 spiro atoms. The number of aromatic amines is 2. The first-order valence-corrected chi connectivity index (χ1v) is 10.4. The third-order valence-electron chi connectivity index (χ3n) is 5.53. The van der Waals surface area contributed by atoms with Crippen LogP contribution in [0.1, 0.15) is 47.5 Å². The van der Waals surface area contributed by atoms with Crippen molar-refractivity contribution in [2.45, 2.75) is 38.9 Å². The Bertz CT molecular complexity index is 1160. The molecule has 0 aliphatic carbocycles. The van der Waals surface area contributed by atoms with E-state index in [4.69, 9.17) is 5.11 Å². The largest absolute Gasteiger partial charge is 0.465 e. The van der Waals surface area contributed by atoms with Crippen LogP contribution in [0.3, 0.4) is 0 Å². The molecule has 1 aliphatic heterocycles. The molecule has 3 amide bonds. The lowest BCUT2D eigenvalue weighted by Crippen LogP contribution is -2.48. The number of rotatable bonds is 7. The van der Waals surface area contributed by atoms with Crippen LogP contribution in [0, 0.1) is 5.92 Å². The number of nitrogens with one attached hydrogen (secondary N) is 4. The predicted molar refractivity (Wildman–Crippen MR) is 116 cm³/mol. The van der Waals surface area contributed by atoms with Crippen molar-refractivity contribution in [2.24, 2.45) is 5.92 Å². The Morgan fingerprint density at radius 2 is 2.00 bits per heavy atom. The molecule has 0 saturated carbocycles. The summed E-state index contributed by atoms with van der Waals surface area (Å²) in [6.07, 6.45) is -0.786. The SMILES string of the molecule is CC(C)[C@H](NC(=O)O)c1ccc(C(=O)N2c3ccccc3C[C@H]2C(=O)NCc2nn[nH]n2)[nH]1. The molecule has 33 heavy (non-hydrogen) atoms. The van der Waals surface area contributed by atoms with Gasteiger partial charge in [0, 0.05) is 17.8 Å². The molecule has 12 nitrogen and oxygen atoms in total. The number of benzene rings is 1. The van der Waals surface area contributed by atoms with Gasteiger partial charge in [-0.3, -0.25) is 14.5 Å². The van der Waals surface area contributed by atoms with Crippen molar-refractivity contribution in [3.8, 4) is 0 Å². The number of fused-ring (bicyclic) bond motifs is 1. The van der Waals surface area contributed by atoms with Crippen molar-refractivity contribution in [1.29, 1.82) is 0 Å². The standard InChI is InChI=1S/C21H24N8O4/c1-11(2)18(24-21(32)33)13-7-8-14(23-13)20(31)29-15-6-4-3-5-12(15)9-16(29)19(30)22-10-17-25-27-28-26-17/h3-8,11,16,18,23-24H,9-10H2,1-2H3,(H,22,30)(H,32,33)(H,25,26,27,28)/t16-,18-/m0/s1. The molecule has 3 aromatic rings. The van der Waals surface area contributed by atoms with Crippen LogP contribution in [0.25, 0.3) is 0 Å². The van der Waals surface area contributed by atoms with Gasteiger partial charge in [0.15, 0.2) is 5.82 Å². The molecule has 0 saturated heterocycles. The highest BCUT2D eigenvalue weighted by atomic mass is 16.4. The Balaban J connectivity index is 1.59. The summed E-state index contributed by atoms with van der Waals surface area (Å²) in [7, 11) is 0. The summed E-state index contributed by atoms with van der Waals surface area (Å²) in [6.45, 7) is 3.83. The Morgan fingerprint density at radius 3 is 2.70 bits per heavy atom. The quantitative estimate of drug-likeness (QED) is 0.361. The summed E-state index contributed by atoms with van der Waals surface area (Å²) in [5.74, 6) is -0.442. The molecule has 2 aromatic heterocycles. The van der Waals surface area contributed by atoms with E-state index in [1.165, 1.54) is 4.90 Å². The van der Waals surface area contributed by atoms with Crippen LogP contribution < -0.4 is 15.5 Å². The zero-order valence-corrected chi connectivity index (χ0v) is 18.1. The van der Waals surface area contributed by atoms with Crippen LogP contribution in [-0.2, 0) is 17.8 Å². The molecule has 0 bridgehead atoms. The molecule has 0 fully saturated rings. The minimum atomic E-state index is -1.15. The topological polar surface area (TPSA) is 169 Å². The Labute approximate surface area is 188 Å². The molecular formula is C21H24N8O4. The van der Waals surface area contributed by atoms with Crippen molar-refractivity contribution < 1.29 is 19.5 Å². The van der Waals surface area contributed by atoms with Crippen LogP contribution in [0.4, 0.5) is 10.5 Å². The summed E-state index contributed by atoms with van der Waals surface area (Å²) in [6, 6.07) is 9.37. The molecule has 5 N–H and O–H groups in total. The third kappa shape index (κ3) is 4.54. The van der Waals surface area contributed by atoms with Crippen molar-refractivity contribution in [1.82, 2.24) is 36.2 Å². The monoisotopic (exact) mass is 452 g/mol. The molecule has 3 heterocycles. The smallest absolute Gasteiger partial charge is 0.405 e. The van der Waals surface area contributed by atoms with E-state index < -0.39 is 18.2 Å². The lowest BCUT2D eigenvalue weighted by molar-refractivity contribution is -0.122. The van der Waals surface area contributed by atoms with Crippen LogP contribution in [0.2, 0.25) is 0 Å². The highest BCUT2D eigenvalue weighted by molar-refractivity contribution is 6.10. The number of H-pyrrole nitrogens is 2. The van der Waals surface area contributed by atoms with Gasteiger partial charge in [0.05, 0.1) is 12.6 Å². The van der Waals surface area contributed by atoms with Gasteiger partial charge in [-0.2, -0.15) is 5.21 Å². The van der Waals surface area contributed by atoms with Crippen LogP contribution in [0.15, 0.2) is 36.4 Å². The van der Waals surface area contributed by atoms with E-state index in [0.29, 0.717) is 23.6 Å². The van der Waals surface area contributed by atoms with E-state index in [0.717, 1.165) is 5.56 Å². The van der Waals surface area contributed by atoms with Crippen LogP contribution in [-0.4, -0.2) is 54.7 Å². The molecule has 2 atom stereocenters. The molecule has 0 radical (unpaired) electrons. The minimum absolute atomic E-state index is 0.0427. The van der Waals surface area contributed by atoms with E-state index in [-0.39, 0.29) is 30.0 Å². The molecule has 172 valence electrons. The maximum absolute atomic E-state index is 13.5. The Hall–Kier alpha value is -4.22. The lowest BCUT2D eigenvalue weighted by atomic mass is 10.0. The van der Waals surface area contributed by atoms with E-state index in [1.54, 1.807) is 18.2 Å². The number of para-hydroxylation sites is 1. The maximum atomic E-state index is 13.5. The average Bonchev–Trinajstić information content (AvgIpc) is 3.54. The summed E-state index contributed by atoms with van der Waals surface area (Å²) < 4.78 is 0. The highest BCUT2D eigenvalue weighted by Gasteiger charge is 2.39. The first-order chi connectivity index (χ1) is 15.8. The van der Waals surface area contributed by atoms with Gasteiger partial charge < -0.3 is 20.7 Å². The average molecular weight is 452 g/mol. The summed E-state index contributed by atoms with van der Waals surface area (Å²) in [5, 5.41) is 27.8. The van der Waals surface area contributed by atoms with E-state index in [1.807, 2.05) is 32.0 Å². The van der Waals surface area contributed by atoms with E-state index in [2.05, 4.69) is 36.2 Å². The van der Waals surface area contributed by atoms with Gasteiger partial charge in [-0.25, -0.2) is 4.79 Å². The van der Waals surface area contributed by atoms with Crippen molar-refractivity contribution in [3.63, 3.8) is 0 Å². The molecule has 0 unspecified atom stereocenters. The predicted octanol–water partition coefficient (Wildman–Crippen LogP) is 1.38. The number of tetrazole rings is 1. The van der Waals surface area contributed by atoms with Gasteiger partial charge in [-0.05, 0) is 29.7 Å². The number of anilines is 1. The molecule has 1 aromatic carbocycles. The van der Waals surface area contributed by atoms with E-state index in [9.17, 15) is 14.4 Å². The number of hydrogen-bond donors (Lipinski definition) is 5. The number of carboxylic acid groups (broad SMARTS) is 1. The highest BCUT2D eigenvalue weighted by Crippen LogP contribution is 2.34. The van der Waals surface area contributed by atoms with Crippen molar-refractivity contribution in [3.05, 3.63) is 59.2 Å². The Morgan fingerprint density at radius 1 is 1.21 bits per heavy atom. The van der Waals surface area contributed by atoms with Gasteiger partial charge in [0.2, 0.25) is 5.91 Å². The second-order valence-electron chi connectivity index (χ2n) is 8.07. The number of amides is 3. The van der Waals surface area contributed by atoms with Gasteiger partial charge >= 0.3 is 6.09 Å². The molecule has 12 heteroatoms. The van der Waals surface area contributed by atoms with Gasteiger partial charge in [-0.15, -0.1) is 10.2 Å². The first-order valence-electron chi connectivity index (χ1n) is 10.4. The number of hydrogen-bond acceptors (Lipinski definition) is 6. The fraction of sp³-hybridized carbons (Fsp3) is 0.333. The lowest BCUT2D eigenvalue weighted by Gasteiger charge is -2.24. The second kappa shape index (κ2) is 9.10. The van der Waals surface area contributed by atoms with Gasteiger partial charge in [-0.1, -0.05) is 37.3 Å². The second-order valence-corrected chi connectivity index (χ2v) is 8.07. The summed E-state index contributed by atoms with van der Waals surface area (Å²) in [4.78, 5) is 42.2. The number of carbonyl (C=O) groups is 3. The first kappa shape index (κ1) is 22.0. The maximum Gasteiger partial charge on any atom is 0.405 e. The third-order valence-corrected chi connectivity index (χ3v) is 5.53. The fourth-order valence-corrected chi connectivity index (χ4v) is 3.97. The number of nitrogens with zero attached hydrogens (tertiary/aromatic N) is 4. The molecule has 4 rings (SSSR count). The minimum Gasteiger partial charge on any atom is -0.465 e. The van der Waals surface area contributed by atoms with Crippen LogP contribution in [0.5, 0.6) is 0 Å². The van der Waals surface area contributed by atoms with Crippen molar-refractivity contribution in [2.75, 3.05) is 4.90 Å². The normalized spacial score (nSPS) is 15.8. The fourth-order valence-electron chi connectivity index (χ4n) is 3.97. The number of carbonyl (C=O) groups excluding carboxylic acids is 2. The summed E-state index contributed by atoms with van der Waals surface area (Å²) in [5.41, 5.74) is 2.37. The Kier molecular flexibility index (Phi) is 6.07.